The van der Waals surface area contributed by atoms with Crippen LogP contribution in [0.2, 0.25) is 0 Å². The van der Waals surface area contributed by atoms with Crippen LogP contribution < -0.4 is 0 Å². The lowest BCUT2D eigenvalue weighted by Gasteiger charge is -2.36. The van der Waals surface area contributed by atoms with Crippen molar-refractivity contribution in [2.75, 3.05) is 0 Å². The van der Waals surface area contributed by atoms with E-state index in [0.717, 1.165) is 13.0 Å². The minimum atomic E-state index is -0.454. The molecule has 0 fully saturated rings. The van der Waals surface area contributed by atoms with Crippen molar-refractivity contribution in [3.05, 3.63) is 71.8 Å². The van der Waals surface area contributed by atoms with Crippen LogP contribution in [-0.4, -0.2) is 22.5 Å². The van der Waals surface area contributed by atoms with Gasteiger partial charge in [0, 0.05) is 18.6 Å². The summed E-state index contributed by atoms with van der Waals surface area (Å²) in [5.41, 5.74) is 2.06. The molecule has 0 heterocycles. The minimum absolute atomic E-state index is 0.121. The Morgan fingerprint density at radius 2 is 1.56 bits per heavy atom. The van der Waals surface area contributed by atoms with E-state index in [0.29, 0.717) is 6.42 Å². The van der Waals surface area contributed by atoms with Crippen LogP contribution in [0, 0.1) is 0 Å². The second-order valence-corrected chi connectivity index (χ2v) is 8.10. The Morgan fingerprint density at radius 3 is 2.07 bits per heavy atom. The molecule has 0 radical (unpaired) electrons. The van der Waals surface area contributed by atoms with Crippen LogP contribution in [-0.2, 0) is 16.1 Å². The van der Waals surface area contributed by atoms with Crippen LogP contribution in [0.25, 0.3) is 0 Å². The number of carbonyl (C=O) groups is 1. The van der Waals surface area contributed by atoms with Crippen molar-refractivity contribution in [3.8, 4) is 0 Å². The van der Waals surface area contributed by atoms with Crippen molar-refractivity contribution in [2.24, 2.45) is 0 Å². The SMILES string of the molecule is CC[C@H](CC(=O)OC(C)(C)C)N(Cc1ccccc1)[C@H](C)c1ccccc1. The second-order valence-electron chi connectivity index (χ2n) is 8.10. The number of ether oxygens (including phenoxy) is 1. The van der Waals surface area contributed by atoms with Gasteiger partial charge in [-0.2, -0.15) is 0 Å². The summed E-state index contributed by atoms with van der Waals surface area (Å²) in [5.74, 6) is -0.132. The quantitative estimate of drug-likeness (QED) is 0.556. The van der Waals surface area contributed by atoms with Crippen LogP contribution in [0.1, 0.15) is 64.6 Å². The van der Waals surface area contributed by atoms with E-state index in [9.17, 15) is 4.79 Å². The van der Waals surface area contributed by atoms with Crippen LogP contribution in [0.15, 0.2) is 60.7 Å². The van der Waals surface area contributed by atoms with Crippen molar-refractivity contribution in [2.45, 2.75) is 71.7 Å². The highest BCUT2D eigenvalue weighted by atomic mass is 16.6. The standard InChI is InChI=1S/C24H33NO2/c1-6-22(17-23(26)27-24(3,4)5)25(18-20-13-9-7-10-14-20)19(2)21-15-11-8-12-16-21/h7-16,19,22H,6,17-18H2,1-5H3/t19-,22-/m1/s1. The molecular weight excluding hydrogens is 334 g/mol. The normalized spacial score (nSPS) is 14.0. The molecule has 2 aromatic rings. The van der Waals surface area contributed by atoms with E-state index in [-0.39, 0.29) is 18.1 Å². The molecule has 2 rings (SSSR count). The monoisotopic (exact) mass is 367 g/mol. The first kappa shape index (κ1) is 21.2. The van der Waals surface area contributed by atoms with E-state index < -0.39 is 5.60 Å². The topological polar surface area (TPSA) is 29.5 Å². The van der Waals surface area contributed by atoms with Crippen molar-refractivity contribution in [1.82, 2.24) is 4.90 Å². The molecule has 2 atom stereocenters. The van der Waals surface area contributed by atoms with Gasteiger partial charge in [-0.3, -0.25) is 9.69 Å². The molecule has 0 saturated heterocycles. The third-order valence-corrected chi connectivity index (χ3v) is 4.75. The van der Waals surface area contributed by atoms with Gasteiger partial charge in [0.05, 0.1) is 6.42 Å². The maximum absolute atomic E-state index is 12.5. The molecule has 0 N–H and O–H groups in total. The lowest BCUT2D eigenvalue weighted by Crippen LogP contribution is -2.39. The van der Waals surface area contributed by atoms with Gasteiger partial charge in [0.25, 0.3) is 0 Å². The number of rotatable bonds is 8. The van der Waals surface area contributed by atoms with E-state index in [1.54, 1.807) is 0 Å². The first-order valence-corrected chi connectivity index (χ1v) is 9.86. The second kappa shape index (κ2) is 9.70. The van der Waals surface area contributed by atoms with Crippen LogP contribution in [0.4, 0.5) is 0 Å². The highest BCUT2D eigenvalue weighted by molar-refractivity contribution is 5.70. The molecule has 0 bridgehead atoms. The lowest BCUT2D eigenvalue weighted by atomic mass is 10.0. The fourth-order valence-corrected chi connectivity index (χ4v) is 3.37. The molecule has 3 heteroatoms. The fraction of sp³-hybridized carbons (Fsp3) is 0.458. The lowest BCUT2D eigenvalue weighted by molar-refractivity contribution is -0.156. The van der Waals surface area contributed by atoms with Crippen molar-refractivity contribution < 1.29 is 9.53 Å². The van der Waals surface area contributed by atoms with Crippen molar-refractivity contribution in [1.29, 1.82) is 0 Å². The zero-order valence-electron chi connectivity index (χ0n) is 17.3. The van der Waals surface area contributed by atoms with Gasteiger partial charge in [0.1, 0.15) is 5.60 Å². The number of carbonyl (C=O) groups excluding carboxylic acids is 1. The highest BCUT2D eigenvalue weighted by Gasteiger charge is 2.27. The number of hydrogen-bond acceptors (Lipinski definition) is 3. The van der Waals surface area contributed by atoms with Gasteiger partial charge in [0.15, 0.2) is 0 Å². The molecule has 0 amide bonds. The van der Waals surface area contributed by atoms with E-state index in [1.165, 1.54) is 11.1 Å². The molecule has 0 spiro atoms. The smallest absolute Gasteiger partial charge is 0.307 e. The third-order valence-electron chi connectivity index (χ3n) is 4.75. The molecule has 0 aliphatic heterocycles. The maximum Gasteiger partial charge on any atom is 0.307 e. The average Bonchev–Trinajstić information content (AvgIpc) is 2.64. The number of benzene rings is 2. The zero-order chi connectivity index (χ0) is 19.9. The Hall–Kier alpha value is -2.13. The molecular formula is C24H33NO2. The summed E-state index contributed by atoms with van der Waals surface area (Å²) in [7, 11) is 0. The Labute approximate surface area is 164 Å². The number of hydrogen-bond donors (Lipinski definition) is 0. The fourth-order valence-electron chi connectivity index (χ4n) is 3.37. The predicted molar refractivity (Wildman–Crippen MR) is 111 cm³/mol. The van der Waals surface area contributed by atoms with Crippen LogP contribution >= 0.6 is 0 Å². The maximum atomic E-state index is 12.5. The molecule has 146 valence electrons. The largest absolute Gasteiger partial charge is 0.460 e. The van der Waals surface area contributed by atoms with Gasteiger partial charge in [-0.1, -0.05) is 67.6 Å². The highest BCUT2D eigenvalue weighted by Crippen LogP contribution is 2.28. The summed E-state index contributed by atoms with van der Waals surface area (Å²) in [6.07, 6.45) is 1.29. The first-order valence-electron chi connectivity index (χ1n) is 9.86. The number of nitrogens with zero attached hydrogens (tertiary/aromatic N) is 1. The van der Waals surface area contributed by atoms with E-state index >= 15 is 0 Å². The Balaban J connectivity index is 2.24. The summed E-state index contributed by atoms with van der Waals surface area (Å²) in [4.78, 5) is 14.9. The predicted octanol–water partition coefficient (Wildman–Crippen LogP) is 5.76. The molecule has 0 saturated carbocycles. The third kappa shape index (κ3) is 6.84. The Morgan fingerprint density at radius 1 is 1.00 bits per heavy atom. The number of esters is 1. The van der Waals surface area contributed by atoms with Gasteiger partial charge in [0.2, 0.25) is 0 Å². The Bertz CT molecular complexity index is 691. The van der Waals surface area contributed by atoms with Crippen LogP contribution in [0.3, 0.4) is 0 Å². The molecule has 3 nitrogen and oxygen atoms in total. The molecule has 0 aromatic heterocycles. The van der Waals surface area contributed by atoms with Crippen molar-refractivity contribution in [3.63, 3.8) is 0 Å². The molecule has 27 heavy (non-hydrogen) atoms. The van der Waals surface area contributed by atoms with Gasteiger partial charge in [-0.25, -0.2) is 0 Å². The summed E-state index contributed by atoms with van der Waals surface area (Å²) in [6, 6.07) is 21.3. The summed E-state index contributed by atoms with van der Waals surface area (Å²) >= 11 is 0. The van der Waals surface area contributed by atoms with Gasteiger partial charge in [-0.15, -0.1) is 0 Å². The molecule has 0 unspecified atom stereocenters. The van der Waals surface area contributed by atoms with Gasteiger partial charge >= 0.3 is 5.97 Å². The summed E-state index contributed by atoms with van der Waals surface area (Å²) < 4.78 is 5.59. The first-order chi connectivity index (χ1) is 12.8. The summed E-state index contributed by atoms with van der Waals surface area (Å²) in [5, 5.41) is 0. The van der Waals surface area contributed by atoms with E-state index in [2.05, 4.69) is 67.3 Å². The summed E-state index contributed by atoms with van der Waals surface area (Å²) in [6.45, 7) is 10.9. The van der Waals surface area contributed by atoms with Gasteiger partial charge in [-0.05, 0) is 45.2 Å². The molecule has 2 aromatic carbocycles. The zero-order valence-corrected chi connectivity index (χ0v) is 17.3. The Kier molecular flexibility index (Phi) is 7.61. The minimum Gasteiger partial charge on any atom is -0.460 e. The van der Waals surface area contributed by atoms with Gasteiger partial charge < -0.3 is 4.74 Å². The van der Waals surface area contributed by atoms with E-state index in [4.69, 9.17) is 4.74 Å². The molecule has 0 aliphatic carbocycles. The average molecular weight is 368 g/mol. The van der Waals surface area contributed by atoms with Crippen LogP contribution in [0.5, 0.6) is 0 Å². The van der Waals surface area contributed by atoms with E-state index in [1.807, 2.05) is 32.9 Å². The van der Waals surface area contributed by atoms with Crippen molar-refractivity contribution >= 4 is 5.97 Å². The molecule has 0 aliphatic rings.